The summed E-state index contributed by atoms with van der Waals surface area (Å²) < 4.78 is 0. The van der Waals surface area contributed by atoms with Crippen molar-refractivity contribution < 1.29 is 9.59 Å². The topological polar surface area (TPSA) is 74.3 Å². The average Bonchev–Trinajstić information content (AvgIpc) is 3.16. The molecule has 3 amide bonds. The summed E-state index contributed by atoms with van der Waals surface area (Å²) in [5, 5.41) is 8.69. The third kappa shape index (κ3) is 3.68. The minimum absolute atomic E-state index is 0.0965. The van der Waals surface area contributed by atoms with E-state index in [1.165, 1.54) is 0 Å². The van der Waals surface area contributed by atoms with Gasteiger partial charge in [0.1, 0.15) is 0 Å². The highest BCUT2D eigenvalue weighted by molar-refractivity contribution is 7.09. The van der Waals surface area contributed by atoms with E-state index in [0.29, 0.717) is 25.2 Å². The number of aryl methyl sites for hydroxylation is 1. The predicted molar refractivity (Wildman–Crippen MR) is 90.1 cm³/mol. The zero-order valence-corrected chi connectivity index (χ0v) is 13.7. The number of hydrogen-bond donors (Lipinski definition) is 2. The van der Waals surface area contributed by atoms with Gasteiger partial charge in [0.15, 0.2) is 0 Å². The predicted octanol–water partition coefficient (Wildman–Crippen LogP) is 1.95. The van der Waals surface area contributed by atoms with Crippen LogP contribution in [-0.2, 0) is 6.42 Å². The van der Waals surface area contributed by atoms with E-state index in [-0.39, 0.29) is 11.9 Å². The van der Waals surface area contributed by atoms with Crippen molar-refractivity contribution in [3.8, 4) is 0 Å². The van der Waals surface area contributed by atoms with E-state index in [1.54, 1.807) is 40.5 Å². The summed E-state index contributed by atoms with van der Waals surface area (Å²) in [7, 11) is 0. The van der Waals surface area contributed by atoms with Crippen LogP contribution in [0.25, 0.3) is 0 Å². The molecule has 0 radical (unpaired) electrons. The molecular weight excluding hydrogens is 312 g/mol. The first kappa shape index (κ1) is 15.5. The summed E-state index contributed by atoms with van der Waals surface area (Å²) in [6.45, 7) is 3.82. The van der Waals surface area contributed by atoms with E-state index in [9.17, 15) is 9.59 Å². The fourth-order valence-corrected chi connectivity index (χ4v) is 3.09. The highest BCUT2D eigenvalue weighted by atomic mass is 32.1. The number of amides is 3. The first-order chi connectivity index (χ1) is 11.1. The molecule has 120 valence electrons. The molecule has 6 nitrogen and oxygen atoms in total. The van der Waals surface area contributed by atoms with Crippen molar-refractivity contribution in [3.05, 3.63) is 45.9 Å². The standard InChI is InChI=1S/C16H18N4O2S/c1-11-19-13(10-23-11)6-7-17-15(21)12-2-4-14(5-3-12)20-9-8-18-16(20)22/h2-5,10H,6-9H2,1H3,(H,17,21)(H,18,22). The highest BCUT2D eigenvalue weighted by Crippen LogP contribution is 2.17. The van der Waals surface area contributed by atoms with Crippen LogP contribution in [0.1, 0.15) is 21.1 Å². The highest BCUT2D eigenvalue weighted by Gasteiger charge is 2.21. The number of rotatable bonds is 5. The molecule has 1 aromatic heterocycles. The molecule has 2 N–H and O–H groups in total. The molecule has 1 aliphatic rings. The summed E-state index contributed by atoms with van der Waals surface area (Å²) >= 11 is 1.61. The van der Waals surface area contributed by atoms with Crippen molar-refractivity contribution in [2.24, 2.45) is 0 Å². The molecule has 0 spiro atoms. The van der Waals surface area contributed by atoms with Crippen molar-refractivity contribution in [1.29, 1.82) is 0 Å². The van der Waals surface area contributed by atoms with E-state index in [0.717, 1.165) is 22.8 Å². The van der Waals surface area contributed by atoms with Crippen molar-refractivity contribution >= 4 is 29.0 Å². The molecule has 1 aliphatic heterocycles. The summed E-state index contributed by atoms with van der Waals surface area (Å²) in [5.41, 5.74) is 2.39. The Balaban J connectivity index is 1.54. The van der Waals surface area contributed by atoms with Crippen molar-refractivity contribution in [2.75, 3.05) is 24.5 Å². The lowest BCUT2D eigenvalue weighted by molar-refractivity contribution is 0.0954. The molecule has 0 aliphatic carbocycles. The third-order valence-electron chi connectivity index (χ3n) is 3.63. The van der Waals surface area contributed by atoms with Gasteiger partial charge in [-0.15, -0.1) is 11.3 Å². The third-order valence-corrected chi connectivity index (χ3v) is 4.45. The van der Waals surface area contributed by atoms with Crippen LogP contribution in [0, 0.1) is 6.92 Å². The van der Waals surface area contributed by atoms with Gasteiger partial charge in [-0.1, -0.05) is 0 Å². The largest absolute Gasteiger partial charge is 0.352 e. The number of urea groups is 1. The molecule has 23 heavy (non-hydrogen) atoms. The maximum atomic E-state index is 12.1. The minimum Gasteiger partial charge on any atom is -0.352 e. The zero-order chi connectivity index (χ0) is 16.2. The first-order valence-electron chi connectivity index (χ1n) is 7.48. The summed E-state index contributed by atoms with van der Waals surface area (Å²) in [4.78, 5) is 29.7. The molecule has 0 atom stereocenters. The Morgan fingerprint density at radius 1 is 1.39 bits per heavy atom. The second-order valence-corrected chi connectivity index (χ2v) is 6.36. The van der Waals surface area contributed by atoms with Gasteiger partial charge in [0.2, 0.25) is 0 Å². The van der Waals surface area contributed by atoms with Gasteiger partial charge in [-0.2, -0.15) is 0 Å². The van der Waals surface area contributed by atoms with Crippen molar-refractivity contribution in [1.82, 2.24) is 15.6 Å². The SMILES string of the molecule is Cc1nc(CCNC(=O)c2ccc(N3CCNC3=O)cc2)cs1. The molecule has 7 heteroatoms. The Bertz CT molecular complexity index is 711. The number of aromatic nitrogens is 1. The molecule has 0 saturated carbocycles. The fraction of sp³-hybridized carbons (Fsp3) is 0.312. The second-order valence-electron chi connectivity index (χ2n) is 5.29. The molecule has 1 saturated heterocycles. The van der Waals surface area contributed by atoms with Crippen LogP contribution in [0.15, 0.2) is 29.6 Å². The molecule has 0 unspecified atom stereocenters. The number of nitrogens with one attached hydrogen (secondary N) is 2. The number of benzene rings is 1. The maximum absolute atomic E-state index is 12.1. The average molecular weight is 330 g/mol. The Labute approximate surface area is 138 Å². The van der Waals surface area contributed by atoms with Crippen LogP contribution < -0.4 is 15.5 Å². The van der Waals surface area contributed by atoms with Gasteiger partial charge in [0.05, 0.1) is 10.7 Å². The van der Waals surface area contributed by atoms with Gasteiger partial charge in [0.25, 0.3) is 5.91 Å². The summed E-state index contributed by atoms with van der Waals surface area (Å²) in [6, 6.07) is 6.97. The van der Waals surface area contributed by atoms with Gasteiger partial charge >= 0.3 is 6.03 Å². The molecule has 1 aromatic carbocycles. The molecule has 3 rings (SSSR count). The van der Waals surface area contributed by atoms with Crippen molar-refractivity contribution in [2.45, 2.75) is 13.3 Å². The van der Waals surface area contributed by atoms with Crippen LogP contribution in [0.5, 0.6) is 0 Å². The van der Waals surface area contributed by atoms with E-state index >= 15 is 0 Å². The van der Waals surface area contributed by atoms with Gasteiger partial charge in [0, 0.05) is 42.7 Å². The molecule has 0 bridgehead atoms. The van der Waals surface area contributed by atoms with Gasteiger partial charge < -0.3 is 10.6 Å². The van der Waals surface area contributed by atoms with Crippen LogP contribution in [0.4, 0.5) is 10.5 Å². The molecule has 2 aromatic rings. The Morgan fingerprint density at radius 3 is 2.78 bits per heavy atom. The lowest BCUT2D eigenvalue weighted by atomic mass is 10.2. The Kier molecular flexibility index (Phi) is 4.57. The number of nitrogens with zero attached hydrogens (tertiary/aromatic N) is 2. The number of carbonyl (C=O) groups is 2. The summed E-state index contributed by atoms with van der Waals surface area (Å²) in [6.07, 6.45) is 0.724. The number of anilines is 1. The molecular formula is C16H18N4O2S. The van der Waals surface area contributed by atoms with Gasteiger partial charge in [-0.05, 0) is 31.2 Å². The van der Waals surface area contributed by atoms with E-state index in [1.807, 2.05) is 12.3 Å². The quantitative estimate of drug-likeness (QED) is 0.880. The van der Waals surface area contributed by atoms with Crippen LogP contribution in [-0.4, -0.2) is 36.6 Å². The minimum atomic E-state index is -0.116. The lowest BCUT2D eigenvalue weighted by Gasteiger charge is -2.14. The Morgan fingerprint density at radius 2 is 2.17 bits per heavy atom. The van der Waals surface area contributed by atoms with Crippen LogP contribution in [0.3, 0.4) is 0 Å². The lowest BCUT2D eigenvalue weighted by Crippen LogP contribution is -2.28. The number of carbonyl (C=O) groups excluding carboxylic acids is 2. The number of hydrogen-bond acceptors (Lipinski definition) is 4. The van der Waals surface area contributed by atoms with E-state index in [2.05, 4.69) is 15.6 Å². The normalized spacial score (nSPS) is 14.0. The second kappa shape index (κ2) is 6.78. The summed E-state index contributed by atoms with van der Waals surface area (Å²) in [5.74, 6) is -0.116. The van der Waals surface area contributed by atoms with Gasteiger partial charge in [-0.25, -0.2) is 9.78 Å². The smallest absolute Gasteiger partial charge is 0.321 e. The fourth-order valence-electron chi connectivity index (χ4n) is 2.44. The first-order valence-corrected chi connectivity index (χ1v) is 8.36. The van der Waals surface area contributed by atoms with Crippen molar-refractivity contribution in [3.63, 3.8) is 0 Å². The zero-order valence-electron chi connectivity index (χ0n) is 12.8. The van der Waals surface area contributed by atoms with Gasteiger partial charge in [-0.3, -0.25) is 9.69 Å². The molecule has 1 fully saturated rings. The monoisotopic (exact) mass is 330 g/mol. The maximum Gasteiger partial charge on any atom is 0.321 e. The van der Waals surface area contributed by atoms with E-state index in [4.69, 9.17) is 0 Å². The van der Waals surface area contributed by atoms with E-state index < -0.39 is 0 Å². The van der Waals surface area contributed by atoms with Crippen LogP contribution in [0.2, 0.25) is 0 Å². The Hall–Kier alpha value is -2.41. The number of thiazole rings is 1. The molecule has 2 heterocycles. The van der Waals surface area contributed by atoms with Crippen LogP contribution >= 0.6 is 11.3 Å².